The Balaban J connectivity index is 1.02. The average molecular weight is 706 g/mol. The fourth-order valence-corrected chi connectivity index (χ4v) is 9.45. The molecule has 0 radical (unpaired) electrons. The van der Waals surface area contributed by atoms with Crippen molar-refractivity contribution >= 4 is 75.4 Å². The normalized spacial score (nSPS) is 11.9. The molecule has 0 saturated heterocycles. The molecule has 1 heteroatoms. The van der Waals surface area contributed by atoms with Gasteiger partial charge in [-0.25, -0.2) is 0 Å². The SMILES string of the molecule is N#Cc1cccc(-c2cc(-c3ccc4cc(-c5ccc6ccc7cccc8ccc5c6c78)ccc4c3)cc(-c3ccc4ccc5cccc6ccc3c4c56)c2)c1. The molecular weight excluding hydrogens is 675 g/mol. The maximum absolute atomic E-state index is 9.79. The first-order chi connectivity index (χ1) is 27.7. The van der Waals surface area contributed by atoms with Gasteiger partial charge in [0.2, 0.25) is 0 Å². The highest BCUT2D eigenvalue weighted by Gasteiger charge is 2.16. The second kappa shape index (κ2) is 11.7. The zero-order valence-electron chi connectivity index (χ0n) is 30.3. The Hall–Kier alpha value is -7.53. The van der Waals surface area contributed by atoms with Crippen LogP contribution in [0.4, 0.5) is 0 Å². The van der Waals surface area contributed by atoms with E-state index in [-0.39, 0.29) is 0 Å². The fourth-order valence-electron chi connectivity index (χ4n) is 9.45. The molecule has 0 aliphatic carbocycles. The van der Waals surface area contributed by atoms with E-state index < -0.39 is 0 Å². The summed E-state index contributed by atoms with van der Waals surface area (Å²) in [5.74, 6) is 0. The molecule has 256 valence electrons. The Labute approximate surface area is 323 Å². The monoisotopic (exact) mass is 705 g/mol. The van der Waals surface area contributed by atoms with Crippen molar-refractivity contribution in [3.05, 3.63) is 194 Å². The second-order valence-electron chi connectivity index (χ2n) is 15.2. The molecule has 0 aromatic heterocycles. The number of hydrogen-bond donors (Lipinski definition) is 0. The first-order valence-corrected chi connectivity index (χ1v) is 19.2. The van der Waals surface area contributed by atoms with Gasteiger partial charge in [0.25, 0.3) is 0 Å². The van der Waals surface area contributed by atoms with E-state index in [1.165, 1.54) is 92.1 Å². The molecule has 0 fully saturated rings. The molecule has 0 aliphatic heterocycles. The number of fused-ring (bicyclic) bond motifs is 1. The lowest BCUT2D eigenvalue weighted by atomic mass is 9.87. The van der Waals surface area contributed by atoms with Crippen LogP contribution in [0.3, 0.4) is 0 Å². The molecule has 0 aliphatic rings. The summed E-state index contributed by atoms with van der Waals surface area (Å²) in [6.45, 7) is 0. The van der Waals surface area contributed by atoms with Crippen LogP contribution in [0.5, 0.6) is 0 Å². The van der Waals surface area contributed by atoms with Crippen LogP contribution >= 0.6 is 0 Å². The summed E-state index contributed by atoms with van der Waals surface area (Å²) in [6, 6.07) is 71.2. The molecule has 0 saturated carbocycles. The molecule has 12 rings (SSSR count). The van der Waals surface area contributed by atoms with Gasteiger partial charge in [-0.3, -0.25) is 0 Å². The van der Waals surface area contributed by atoms with Crippen LogP contribution < -0.4 is 0 Å². The summed E-state index contributed by atoms with van der Waals surface area (Å²) in [7, 11) is 0. The van der Waals surface area contributed by atoms with Crippen molar-refractivity contribution in [2.45, 2.75) is 0 Å². The highest BCUT2D eigenvalue weighted by atomic mass is 14.2. The quantitative estimate of drug-likeness (QED) is 0.167. The zero-order valence-corrected chi connectivity index (χ0v) is 30.3. The molecule has 0 atom stereocenters. The summed E-state index contributed by atoms with van der Waals surface area (Å²) in [6.07, 6.45) is 0. The topological polar surface area (TPSA) is 23.8 Å². The highest BCUT2D eigenvalue weighted by Crippen LogP contribution is 2.43. The first-order valence-electron chi connectivity index (χ1n) is 19.2. The van der Waals surface area contributed by atoms with E-state index in [4.69, 9.17) is 0 Å². The highest BCUT2D eigenvalue weighted by molar-refractivity contribution is 6.27. The minimum absolute atomic E-state index is 0.656. The molecule has 0 amide bonds. The third-order valence-corrected chi connectivity index (χ3v) is 12.1. The van der Waals surface area contributed by atoms with Crippen LogP contribution in [-0.4, -0.2) is 0 Å². The maximum Gasteiger partial charge on any atom is 0.0991 e. The third kappa shape index (κ3) is 4.60. The molecule has 1 nitrogen and oxygen atoms in total. The second-order valence-corrected chi connectivity index (χ2v) is 15.2. The number of nitriles is 1. The van der Waals surface area contributed by atoms with Gasteiger partial charge in [-0.2, -0.15) is 5.26 Å². The first kappa shape index (κ1) is 30.9. The molecule has 0 spiro atoms. The van der Waals surface area contributed by atoms with E-state index in [2.05, 4.69) is 176 Å². The van der Waals surface area contributed by atoms with Crippen molar-refractivity contribution in [2.75, 3.05) is 0 Å². The van der Waals surface area contributed by atoms with Gasteiger partial charge >= 0.3 is 0 Å². The molecule has 0 bridgehead atoms. The molecule has 12 aromatic carbocycles. The van der Waals surface area contributed by atoms with Crippen LogP contribution in [0.2, 0.25) is 0 Å². The van der Waals surface area contributed by atoms with Crippen LogP contribution in [-0.2, 0) is 0 Å². The minimum atomic E-state index is 0.656. The van der Waals surface area contributed by atoms with Crippen LogP contribution in [0.25, 0.3) is 120 Å². The molecular formula is C55H31N. The molecule has 0 heterocycles. The van der Waals surface area contributed by atoms with Crippen LogP contribution in [0.15, 0.2) is 188 Å². The molecule has 0 unspecified atom stereocenters. The lowest BCUT2D eigenvalue weighted by Crippen LogP contribution is -1.90. The minimum Gasteiger partial charge on any atom is -0.192 e. The summed E-state index contributed by atoms with van der Waals surface area (Å²) in [5, 5.41) is 27.7. The van der Waals surface area contributed by atoms with E-state index in [0.717, 1.165) is 27.8 Å². The fraction of sp³-hybridized carbons (Fsp3) is 0. The molecule has 56 heavy (non-hydrogen) atoms. The number of rotatable bonds is 4. The zero-order chi connectivity index (χ0) is 36.9. The summed E-state index contributed by atoms with van der Waals surface area (Å²) >= 11 is 0. The Morgan fingerprint density at radius 3 is 1.25 bits per heavy atom. The predicted octanol–water partition coefficient (Wildman–Crippen LogP) is 15.2. The average Bonchev–Trinajstić information content (AvgIpc) is 3.26. The van der Waals surface area contributed by atoms with Crippen LogP contribution in [0.1, 0.15) is 5.56 Å². The van der Waals surface area contributed by atoms with E-state index in [1.54, 1.807) is 0 Å². The van der Waals surface area contributed by atoms with Crippen molar-refractivity contribution in [1.29, 1.82) is 5.26 Å². The summed E-state index contributed by atoms with van der Waals surface area (Å²) < 4.78 is 0. The summed E-state index contributed by atoms with van der Waals surface area (Å²) in [5.41, 5.74) is 9.91. The number of hydrogen-bond acceptors (Lipinski definition) is 1. The molecule has 12 aromatic rings. The maximum atomic E-state index is 9.79. The van der Waals surface area contributed by atoms with Gasteiger partial charge in [0.1, 0.15) is 0 Å². The number of benzene rings is 12. The summed E-state index contributed by atoms with van der Waals surface area (Å²) in [4.78, 5) is 0. The van der Waals surface area contributed by atoms with Gasteiger partial charge in [-0.05, 0) is 162 Å². The van der Waals surface area contributed by atoms with Gasteiger partial charge in [-0.1, -0.05) is 146 Å². The van der Waals surface area contributed by atoms with Crippen molar-refractivity contribution in [3.8, 4) is 50.6 Å². The van der Waals surface area contributed by atoms with Crippen LogP contribution in [0, 0.1) is 11.3 Å². The lowest BCUT2D eigenvalue weighted by Gasteiger charge is -2.16. The van der Waals surface area contributed by atoms with Crippen molar-refractivity contribution in [2.24, 2.45) is 0 Å². The van der Waals surface area contributed by atoms with E-state index >= 15 is 0 Å². The third-order valence-electron chi connectivity index (χ3n) is 12.1. The van der Waals surface area contributed by atoms with E-state index in [0.29, 0.717) is 5.56 Å². The van der Waals surface area contributed by atoms with Crippen molar-refractivity contribution in [1.82, 2.24) is 0 Å². The lowest BCUT2D eigenvalue weighted by molar-refractivity contribution is 1.48. The van der Waals surface area contributed by atoms with Gasteiger partial charge in [0, 0.05) is 0 Å². The Bertz CT molecular complexity index is 3570. The standard InChI is InChI=1S/C55H31N/c56-32-33-4-1-9-40(26-33)45-29-46(31-47(30-45)49-23-19-39-13-11-35-6-3-8-37-21-25-51(49)55(39)53(35)37)43-15-14-42-28-44(17-16-41(42)27-43)48-22-18-38-12-10-34-5-2-7-36-20-24-50(48)54(38)52(34)36/h1-31H. The van der Waals surface area contributed by atoms with Crippen molar-refractivity contribution in [3.63, 3.8) is 0 Å². The van der Waals surface area contributed by atoms with E-state index in [9.17, 15) is 5.26 Å². The Kier molecular flexibility index (Phi) is 6.47. The molecule has 0 N–H and O–H groups in total. The number of nitrogens with zero attached hydrogens (tertiary/aromatic N) is 1. The predicted molar refractivity (Wildman–Crippen MR) is 238 cm³/mol. The van der Waals surface area contributed by atoms with E-state index in [1.807, 2.05) is 18.2 Å². The smallest absolute Gasteiger partial charge is 0.0991 e. The Morgan fingerprint density at radius 1 is 0.268 bits per heavy atom. The van der Waals surface area contributed by atoms with Gasteiger partial charge in [0.05, 0.1) is 11.6 Å². The Morgan fingerprint density at radius 2 is 0.679 bits per heavy atom. The van der Waals surface area contributed by atoms with Gasteiger partial charge < -0.3 is 0 Å². The van der Waals surface area contributed by atoms with Gasteiger partial charge in [0.15, 0.2) is 0 Å². The van der Waals surface area contributed by atoms with Gasteiger partial charge in [-0.15, -0.1) is 0 Å². The largest absolute Gasteiger partial charge is 0.192 e. The van der Waals surface area contributed by atoms with Crippen molar-refractivity contribution < 1.29 is 0 Å².